The van der Waals surface area contributed by atoms with Gasteiger partial charge in [-0.2, -0.15) is 4.31 Å². The predicted octanol–water partition coefficient (Wildman–Crippen LogP) is 1.94. The summed E-state index contributed by atoms with van der Waals surface area (Å²) in [5.41, 5.74) is 2.91. The highest BCUT2D eigenvalue weighted by molar-refractivity contribution is 7.89. The number of nitrogens with one attached hydrogen (secondary N) is 1. The van der Waals surface area contributed by atoms with Crippen LogP contribution in [0.3, 0.4) is 0 Å². The second-order valence-electron chi connectivity index (χ2n) is 7.88. The van der Waals surface area contributed by atoms with Gasteiger partial charge < -0.3 is 10.1 Å². The average molecular weight is 446 g/mol. The zero-order valence-electron chi connectivity index (χ0n) is 18.2. The van der Waals surface area contributed by atoms with E-state index in [1.807, 2.05) is 38.1 Å². The van der Waals surface area contributed by atoms with Crippen LogP contribution >= 0.6 is 0 Å². The molecule has 1 aliphatic rings. The van der Waals surface area contributed by atoms with Crippen LogP contribution in [0.2, 0.25) is 0 Å². The zero-order chi connectivity index (χ0) is 22.3. The van der Waals surface area contributed by atoms with Crippen LogP contribution in [-0.2, 0) is 26.1 Å². The van der Waals surface area contributed by atoms with E-state index in [1.165, 1.54) is 4.31 Å². The Bertz CT molecular complexity index is 953. The van der Waals surface area contributed by atoms with Crippen LogP contribution in [0, 0.1) is 13.8 Å². The minimum absolute atomic E-state index is 0.132. The van der Waals surface area contributed by atoms with Gasteiger partial charge in [-0.05, 0) is 31.5 Å². The van der Waals surface area contributed by atoms with E-state index < -0.39 is 10.0 Å². The third kappa shape index (κ3) is 6.87. The first kappa shape index (κ1) is 23.4. The lowest BCUT2D eigenvalue weighted by Gasteiger charge is -2.27. The Morgan fingerprint density at radius 2 is 1.58 bits per heavy atom. The smallest absolute Gasteiger partial charge is 0.243 e. The largest absolute Gasteiger partial charge is 0.379 e. The molecule has 0 radical (unpaired) electrons. The summed E-state index contributed by atoms with van der Waals surface area (Å²) < 4.78 is 33.2. The highest BCUT2D eigenvalue weighted by Gasteiger charge is 2.27. The van der Waals surface area contributed by atoms with Crippen LogP contribution in [0.15, 0.2) is 53.4 Å². The standard InChI is InChI=1S/C23H31N3O4S/c1-19-3-7-21(8-4-19)17-26(31(28,29)22-9-5-20(2)6-10-22)18-23(27)24-11-12-25-13-15-30-16-14-25/h3-10H,11-18H2,1-2H3,(H,24,27). The number of sulfonamides is 1. The molecule has 0 aliphatic carbocycles. The molecule has 1 amide bonds. The van der Waals surface area contributed by atoms with Crippen molar-refractivity contribution in [3.8, 4) is 0 Å². The molecule has 7 nitrogen and oxygen atoms in total. The van der Waals surface area contributed by atoms with Gasteiger partial charge in [-0.15, -0.1) is 0 Å². The maximum absolute atomic E-state index is 13.3. The number of hydrogen-bond acceptors (Lipinski definition) is 5. The Balaban J connectivity index is 1.69. The fourth-order valence-corrected chi connectivity index (χ4v) is 4.76. The second-order valence-corrected chi connectivity index (χ2v) is 9.81. The third-order valence-electron chi connectivity index (χ3n) is 5.31. The number of carbonyl (C=O) groups is 1. The molecule has 0 aromatic heterocycles. The quantitative estimate of drug-likeness (QED) is 0.638. The molecule has 1 saturated heterocycles. The summed E-state index contributed by atoms with van der Waals surface area (Å²) >= 11 is 0. The summed E-state index contributed by atoms with van der Waals surface area (Å²) in [7, 11) is -3.82. The van der Waals surface area contributed by atoms with E-state index in [1.54, 1.807) is 24.3 Å². The molecule has 1 N–H and O–H groups in total. The van der Waals surface area contributed by atoms with Gasteiger partial charge in [-0.25, -0.2) is 8.42 Å². The lowest BCUT2D eigenvalue weighted by molar-refractivity contribution is -0.121. The van der Waals surface area contributed by atoms with Gasteiger partial charge in [-0.1, -0.05) is 47.5 Å². The molecular formula is C23H31N3O4S. The van der Waals surface area contributed by atoms with Crippen molar-refractivity contribution in [3.05, 3.63) is 65.2 Å². The summed E-state index contributed by atoms with van der Waals surface area (Å²) in [5.74, 6) is -0.309. The fraction of sp³-hybridized carbons (Fsp3) is 0.435. The van der Waals surface area contributed by atoms with Crippen LogP contribution in [0.5, 0.6) is 0 Å². The predicted molar refractivity (Wildman–Crippen MR) is 120 cm³/mol. The molecule has 1 aliphatic heterocycles. The minimum atomic E-state index is -3.82. The molecule has 0 spiro atoms. The van der Waals surface area contributed by atoms with Crippen molar-refractivity contribution < 1.29 is 17.9 Å². The van der Waals surface area contributed by atoms with Crippen molar-refractivity contribution in [1.29, 1.82) is 0 Å². The van der Waals surface area contributed by atoms with Gasteiger partial charge in [0.15, 0.2) is 0 Å². The van der Waals surface area contributed by atoms with E-state index in [-0.39, 0.29) is 23.9 Å². The lowest BCUT2D eigenvalue weighted by atomic mass is 10.1. The van der Waals surface area contributed by atoms with Crippen LogP contribution in [-0.4, -0.2) is 69.5 Å². The van der Waals surface area contributed by atoms with Crippen LogP contribution in [0.4, 0.5) is 0 Å². The zero-order valence-corrected chi connectivity index (χ0v) is 19.0. The van der Waals surface area contributed by atoms with Crippen LogP contribution in [0.25, 0.3) is 0 Å². The summed E-state index contributed by atoms with van der Waals surface area (Å²) in [4.78, 5) is 15.0. The van der Waals surface area contributed by atoms with E-state index in [9.17, 15) is 13.2 Å². The molecule has 0 saturated carbocycles. The van der Waals surface area contributed by atoms with Crippen LogP contribution in [0.1, 0.15) is 16.7 Å². The van der Waals surface area contributed by atoms with E-state index in [0.717, 1.165) is 36.3 Å². The number of ether oxygens (including phenoxy) is 1. The number of morpholine rings is 1. The van der Waals surface area contributed by atoms with E-state index in [2.05, 4.69) is 10.2 Å². The SMILES string of the molecule is Cc1ccc(CN(CC(=O)NCCN2CCOCC2)S(=O)(=O)c2ccc(C)cc2)cc1. The van der Waals surface area contributed by atoms with Crippen LogP contribution < -0.4 is 5.32 Å². The molecule has 168 valence electrons. The molecule has 0 atom stereocenters. The molecule has 8 heteroatoms. The van der Waals surface area contributed by atoms with Crippen molar-refractivity contribution in [2.24, 2.45) is 0 Å². The van der Waals surface area contributed by atoms with E-state index >= 15 is 0 Å². The number of aryl methyl sites for hydroxylation is 2. The highest BCUT2D eigenvalue weighted by Crippen LogP contribution is 2.19. The molecule has 0 bridgehead atoms. The molecule has 2 aromatic carbocycles. The molecule has 3 rings (SSSR count). The Morgan fingerprint density at radius 3 is 2.19 bits per heavy atom. The molecule has 1 heterocycles. The van der Waals surface area contributed by atoms with Crippen molar-refractivity contribution in [2.45, 2.75) is 25.3 Å². The monoisotopic (exact) mass is 445 g/mol. The first-order valence-electron chi connectivity index (χ1n) is 10.5. The van der Waals surface area contributed by atoms with Gasteiger partial charge in [0.05, 0.1) is 24.7 Å². The van der Waals surface area contributed by atoms with E-state index in [4.69, 9.17) is 4.74 Å². The summed E-state index contributed by atoms with van der Waals surface area (Å²) in [6, 6.07) is 14.4. The third-order valence-corrected chi connectivity index (χ3v) is 7.12. The number of benzene rings is 2. The molecule has 31 heavy (non-hydrogen) atoms. The summed E-state index contributed by atoms with van der Waals surface area (Å²) in [5, 5.41) is 2.86. The maximum atomic E-state index is 13.3. The van der Waals surface area contributed by atoms with E-state index in [0.29, 0.717) is 19.8 Å². The van der Waals surface area contributed by atoms with Crippen molar-refractivity contribution >= 4 is 15.9 Å². The number of hydrogen-bond donors (Lipinski definition) is 1. The number of amides is 1. The molecule has 2 aromatic rings. The van der Waals surface area contributed by atoms with Gasteiger partial charge in [0, 0.05) is 32.7 Å². The maximum Gasteiger partial charge on any atom is 0.243 e. The van der Waals surface area contributed by atoms with Crippen molar-refractivity contribution in [1.82, 2.24) is 14.5 Å². The Hall–Kier alpha value is -2.26. The van der Waals surface area contributed by atoms with Gasteiger partial charge in [0.25, 0.3) is 0 Å². The Kier molecular flexibility index (Phi) is 8.20. The van der Waals surface area contributed by atoms with Crippen molar-refractivity contribution in [3.63, 3.8) is 0 Å². The molecule has 0 unspecified atom stereocenters. The summed E-state index contributed by atoms with van der Waals surface area (Å²) in [6.07, 6.45) is 0. The average Bonchev–Trinajstić information content (AvgIpc) is 2.76. The van der Waals surface area contributed by atoms with Gasteiger partial charge >= 0.3 is 0 Å². The van der Waals surface area contributed by atoms with Gasteiger partial charge in [-0.3, -0.25) is 9.69 Å². The van der Waals surface area contributed by atoms with Crippen molar-refractivity contribution in [2.75, 3.05) is 45.9 Å². The van der Waals surface area contributed by atoms with Gasteiger partial charge in [0.1, 0.15) is 0 Å². The molecular weight excluding hydrogens is 414 g/mol. The number of nitrogens with zero attached hydrogens (tertiary/aromatic N) is 2. The first-order chi connectivity index (χ1) is 14.8. The molecule has 1 fully saturated rings. The number of rotatable bonds is 9. The lowest BCUT2D eigenvalue weighted by Crippen LogP contribution is -2.44. The highest BCUT2D eigenvalue weighted by atomic mass is 32.2. The summed E-state index contributed by atoms with van der Waals surface area (Å²) in [6.45, 7) is 8.07. The topological polar surface area (TPSA) is 79.0 Å². The second kappa shape index (κ2) is 10.9. The minimum Gasteiger partial charge on any atom is -0.379 e. The Labute approximate surface area is 185 Å². The fourth-order valence-electron chi connectivity index (χ4n) is 3.38. The number of carbonyl (C=O) groups excluding carboxylic acids is 1. The Morgan fingerprint density at radius 1 is 1.00 bits per heavy atom. The first-order valence-corrected chi connectivity index (χ1v) is 12.0. The normalized spacial score (nSPS) is 15.2. The van der Waals surface area contributed by atoms with Gasteiger partial charge in [0.2, 0.25) is 15.9 Å².